The van der Waals surface area contributed by atoms with E-state index in [1.807, 2.05) is 6.07 Å². The first-order valence-electron chi connectivity index (χ1n) is 6.85. The Balaban J connectivity index is 2.56. The minimum absolute atomic E-state index is 0.106. The molecule has 2 rings (SSSR count). The Morgan fingerprint density at radius 1 is 1.10 bits per heavy atom. The number of nitrogens with one attached hydrogen (secondary N) is 1. The molecule has 0 fully saturated rings. The van der Waals surface area contributed by atoms with Crippen molar-refractivity contribution in [3.05, 3.63) is 62.6 Å². The highest BCUT2D eigenvalue weighted by atomic mass is 79.9. The van der Waals surface area contributed by atoms with E-state index in [2.05, 4.69) is 66.4 Å². The monoisotopic (exact) mass is 348 g/mol. The van der Waals surface area contributed by atoms with E-state index < -0.39 is 0 Å². The van der Waals surface area contributed by atoms with Crippen LogP contribution in [0.3, 0.4) is 0 Å². The van der Waals surface area contributed by atoms with Gasteiger partial charge in [0.15, 0.2) is 0 Å². The van der Waals surface area contributed by atoms with Crippen LogP contribution in [0, 0.1) is 20.8 Å². The lowest BCUT2D eigenvalue weighted by Gasteiger charge is -2.22. The summed E-state index contributed by atoms with van der Waals surface area (Å²) in [6, 6.07) is 10.3. The Kier molecular flexibility index (Phi) is 5.04. The Labute approximate surface area is 134 Å². The van der Waals surface area contributed by atoms with Crippen LogP contribution in [0.25, 0.3) is 0 Å². The van der Waals surface area contributed by atoms with E-state index in [0.717, 1.165) is 26.9 Å². The maximum absolute atomic E-state index is 5.82. The summed E-state index contributed by atoms with van der Waals surface area (Å²) in [5, 5.41) is 0. The number of benzene rings is 2. The quantitative estimate of drug-likeness (QED) is 0.649. The third-order valence-corrected chi connectivity index (χ3v) is 4.79. The molecule has 112 valence electrons. The zero-order valence-corrected chi connectivity index (χ0v) is 14.4. The summed E-state index contributed by atoms with van der Waals surface area (Å²) < 4.78 is 6.70. The highest BCUT2D eigenvalue weighted by Gasteiger charge is 2.19. The first kappa shape index (κ1) is 16.0. The highest BCUT2D eigenvalue weighted by Crippen LogP contribution is 2.34. The van der Waals surface area contributed by atoms with Gasteiger partial charge in [-0.25, -0.2) is 5.43 Å². The molecule has 0 aromatic heterocycles. The Morgan fingerprint density at radius 2 is 1.81 bits per heavy atom. The summed E-state index contributed by atoms with van der Waals surface area (Å²) in [6.07, 6.45) is 0. The molecule has 0 heterocycles. The second-order valence-electron chi connectivity index (χ2n) is 5.24. The number of ether oxygens (including phenoxy) is 1. The van der Waals surface area contributed by atoms with Crippen LogP contribution in [0.4, 0.5) is 0 Å². The van der Waals surface area contributed by atoms with Gasteiger partial charge in [0.2, 0.25) is 0 Å². The molecule has 0 aliphatic carbocycles. The van der Waals surface area contributed by atoms with Crippen molar-refractivity contribution < 1.29 is 4.74 Å². The number of hydrogen-bond donors (Lipinski definition) is 2. The highest BCUT2D eigenvalue weighted by molar-refractivity contribution is 9.10. The predicted molar refractivity (Wildman–Crippen MR) is 90.5 cm³/mol. The van der Waals surface area contributed by atoms with E-state index in [-0.39, 0.29) is 6.04 Å². The van der Waals surface area contributed by atoms with Crippen molar-refractivity contribution in [3.8, 4) is 5.75 Å². The fraction of sp³-hybridized carbons (Fsp3) is 0.294. The van der Waals surface area contributed by atoms with Crippen LogP contribution in [-0.2, 0) is 0 Å². The lowest BCUT2D eigenvalue weighted by atomic mass is 9.94. The molecule has 2 aromatic carbocycles. The molecule has 0 aliphatic rings. The van der Waals surface area contributed by atoms with Crippen molar-refractivity contribution in [2.45, 2.75) is 26.8 Å². The number of nitrogens with two attached hydrogens (primary N) is 1. The van der Waals surface area contributed by atoms with Gasteiger partial charge >= 0.3 is 0 Å². The number of hydrazine groups is 1. The molecular formula is C17H21BrN2O. The van der Waals surface area contributed by atoms with Gasteiger partial charge in [0.1, 0.15) is 5.75 Å². The second kappa shape index (κ2) is 6.60. The van der Waals surface area contributed by atoms with Crippen molar-refractivity contribution in [1.82, 2.24) is 5.43 Å². The molecule has 0 bridgehead atoms. The SMILES string of the molecule is COc1c(C(NN)c2ccc(Br)c(C)c2)ccc(C)c1C. The molecule has 0 saturated heterocycles. The Bertz CT molecular complexity index is 655. The van der Waals surface area contributed by atoms with Crippen molar-refractivity contribution in [2.24, 2.45) is 5.84 Å². The standard InChI is InChI=1S/C17H21BrN2O/c1-10-5-7-14(17(21-4)12(10)3)16(20-19)13-6-8-15(18)11(2)9-13/h5-9,16,20H,19H2,1-4H3. The molecule has 3 nitrogen and oxygen atoms in total. The summed E-state index contributed by atoms with van der Waals surface area (Å²) in [6.45, 7) is 6.22. The first-order chi connectivity index (χ1) is 9.99. The van der Waals surface area contributed by atoms with E-state index in [9.17, 15) is 0 Å². The molecule has 3 N–H and O–H groups in total. The zero-order valence-electron chi connectivity index (χ0n) is 12.8. The van der Waals surface area contributed by atoms with E-state index in [4.69, 9.17) is 10.6 Å². The van der Waals surface area contributed by atoms with Crippen molar-refractivity contribution in [3.63, 3.8) is 0 Å². The summed E-state index contributed by atoms with van der Waals surface area (Å²) in [4.78, 5) is 0. The summed E-state index contributed by atoms with van der Waals surface area (Å²) >= 11 is 3.53. The fourth-order valence-corrected chi connectivity index (χ4v) is 2.77. The average molecular weight is 349 g/mol. The number of hydrogen-bond acceptors (Lipinski definition) is 3. The minimum Gasteiger partial charge on any atom is -0.496 e. The van der Waals surface area contributed by atoms with Gasteiger partial charge in [0.25, 0.3) is 0 Å². The molecule has 21 heavy (non-hydrogen) atoms. The topological polar surface area (TPSA) is 47.3 Å². The maximum Gasteiger partial charge on any atom is 0.127 e. The van der Waals surface area contributed by atoms with E-state index in [1.165, 1.54) is 11.1 Å². The lowest BCUT2D eigenvalue weighted by molar-refractivity contribution is 0.400. The van der Waals surface area contributed by atoms with Gasteiger partial charge in [-0.3, -0.25) is 5.84 Å². The Hall–Kier alpha value is -1.36. The van der Waals surface area contributed by atoms with Crippen LogP contribution in [0.1, 0.15) is 33.9 Å². The zero-order chi connectivity index (χ0) is 15.6. The average Bonchev–Trinajstić information content (AvgIpc) is 2.47. The number of aryl methyl sites for hydroxylation is 2. The number of methoxy groups -OCH3 is 1. The molecule has 0 aliphatic heterocycles. The molecule has 0 radical (unpaired) electrons. The van der Waals surface area contributed by atoms with Crippen molar-refractivity contribution in [2.75, 3.05) is 7.11 Å². The van der Waals surface area contributed by atoms with Gasteiger partial charge in [-0.2, -0.15) is 0 Å². The van der Waals surface area contributed by atoms with Gasteiger partial charge in [0.05, 0.1) is 13.2 Å². The van der Waals surface area contributed by atoms with Crippen LogP contribution in [-0.4, -0.2) is 7.11 Å². The van der Waals surface area contributed by atoms with Crippen LogP contribution < -0.4 is 16.0 Å². The second-order valence-corrected chi connectivity index (χ2v) is 6.09. The van der Waals surface area contributed by atoms with Gasteiger partial charge in [-0.1, -0.05) is 40.2 Å². The molecule has 0 amide bonds. The third kappa shape index (κ3) is 3.12. The van der Waals surface area contributed by atoms with E-state index in [0.29, 0.717) is 0 Å². The molecule has 2 aromatic rings. The first-order valence-corrected chi connectivity index (χ1v) is 7.65. The van der Waals surface area contributed by atoms with Gasteiger partial charge in [-0.15, -0.1) is 0 Å². The van der Waals surface area contributed by atoms with E-state index >= 15 is 0 Å². The van der Waals surface area contributed by atoms with E-state index in [1.54, 1.807) is 7.11 Å². The predicted octanol–water partition coefficient (Wildman–Crippen LogP) is 3.94. The molecule has 1 atom stereocenters. The lowest BCUT2D eigenvalue weighted by Crippen LogP contribution is -2.29. The number of halogens is 1. The molecular weight excluding hydrogens is 328 g/mol. The number of rotatable bonds is 4. The maximum atomic E-state index is 5.82. The van der Waals surface area contributed by atoms with Gasteiger partial charge < -0.3 is 4.74 Å². The molecule has 0 saturated carbocycles. The van der Waals surface area contributed by atoms with Crippen LogP contribution in [0.15, 0.2) is 34.8 Å². The third-order valence-electron chi connectivity index (χ3n) is 3.90. The smallest absolute Gasteiger partial charge is 0.127 e. The van der Waals surface area contributed by atoms with Gasteiger partial charge in [0, 0.05) is 10.0 Å². The summed E-state index contributed by atoms with van der Waals surface area (Å²) in [5.41, 5.74) is 8.59. The van der Waals surface area contributed by atoms with Crippen LogP contribution >= 0.6 is 15.9 Å². The minimum atomic E-state index is -0.106. The molecule has 4 heteroatoms. The molecule has 1 unspecified atom stereocenters. The normalized spacial score (nSPS) is 12.3. The van der Waals surface area contributed by atoms with Crippen molar-refractivity contribution in [1.29, 1.82) is 0 Å². The van der Waals surface area contributed by atoms with Crippen LogP contribution in [0.5, 0.6) is 5.75 Å². The summed E-state index contributed by atoms with van der Waals surface area (Å²) in [7, 11) is 1.70. The van der Waals surface area contributed by atoms with Gasteiger partial charge in [-0.05, 0) is 49.1 Å². The largest absolute Gasteiger partial charge is 0.496 e. The Morgan fingerprint density at radius 3 is 2.38 bits per heavy atom. The van der Waals surface area contributed by atoms with Crippen molar-refractivity contribution >= 4 is 15.9 Å². The molecule has 0 spiro atoms. The summed E-state index contributed by atoms with van der Waals surface area (Å²) in [5.74, 6) is 6.71. The van der Waals surface area contributed by atoms with Crippen LogP contribution in [0.2, 0.25) is 0 Å². The fourth-order valence-electron chi connectivity index (χ4n) is 2.52.